The predicted molar refractivity (Wildman–Crippen MR) is 320 cm³/mol. The highest BCUT2D eigenvalue weighted by Gasteiger charge is 2.31. The molecule has 0 aliphatic carbocycles. The molecule has 16 aromatic rings. The van der Waals surface area contributed by atoms with Crippen LogP contribution in [-0.2, 0) is 0 Å². The number of hydrogen-bond acceptors (Lipinski definition) is 4. The number of para-hydroxylation sites is 4. The summed E-state index contributed by atoms with van der Waals surface area (Å²) in [5.41, 5.74) is 18.4. The third-order valence-corrected chi connectivity index (χ3v) is 15.5. The topological polar surface area (TPSA) is 61.9 Å². The van der Waals surface area contributed by atoms with E-state index in [0.717, 1.165) is 111 Å². The van der Waals surface area contributed by atoms with Crippen LogP contribution in [0, 0.1) is 0 Å². The van der Waals surface area contributed by atoms with E-state index in [1.165, 1.54) is 32.7 Å². The van der Waals surface area contributed by atoms with Crippen molar-refractivity contribution >= 4 is 76.3 Å². The lowest BCUT2D eigenvalue weighted by molar-refractivity contribution is 0.619. The van der Waals surface area contributed by atoms with Gasteiger partial charge in [0.25, 0.3) is 0 Å². The summed E-state index contributed by atoms with van der Waals surface area (Å²) in [6.07, 6.45) is 0. The fourth-order valence-electron chi connectivity index (χ4n) is 12.3. The Hall–Kier alpha value is -10.6. The van der Waals surface area contributed by atoms with Crippen LogP contribution in [0.15, 0.2) is 276 Å². The normalized spacial score (nSPS) is 11.8. The second-order valence-electron chi connectivity index (χ2n) is 19.9. The zero-order chi connectivity index (χ0) is 51.3. The summed E-state index contributed by atoms with van der Waals surface area (Å²) in [6.45, 7) is 0. The third-order valence-electron chi connectivity index (χ3n) is 15.5. The Bertz CT molecular complexity index is 4590. The predicted octanol–water partition coefficient (Wildman–Crippen LogP) is 19.3. The molecule has 16 rings (SSSR count). The van der Waals surface area contributed by atoms with Gasteiger partial charge < -0.3 is 18.0 Å². The molecule has 0 atom stereocenters. The minimum Gasteiger partial charge on any atom is -0.436 e. The Morgan fingerprint density at radius 2 is 0.577 bits per heavy atom. The van der Waals surface area contributed by atoms with Crippen molar-refractivity contribution in [3.8, 4) is 79.1 Å². The van der Waals surface area contributed by atoms with Crippen LogP contribution in [0.25, 0.3) is 155 Å². The summed E-state index contributed by atoms with van der Waals surface area (Å²) in [6, 6.07) is 95.2. The van der Waals surface area contributed by atoms with Gasteiger partial charge in [0, 0.05) is 65.9 Å². The van der Waals surface area contributed by atoms with Gasteiger partial charge in [-0.2, -0.15) is 0 Å². The SMILES string of the molecule is c1ccc(-c2c(-c3ccccc3)n(-c3ccc(-c4nc5ccccc5o4)cc3)c3c4ccccc4c4c5c(-c6ccccc6)c(-c6ccccc6)n(-c6ccc(-c7nc8ccccc8o7)cc6)c5c5ccccc5c4c23)cc1. The monoisotopic (exact) mass is 996 g/mol. The number of benzene rings is 12. The van der Waals surface area contributed by atoms with Crippen LogP contribution in [0.3, 0.4) is 0 Å². The van der Waals surface area contributed by atoms with Gasteiger partial charge in [-0.3, -0.25) is 0 Å². The third kappa shape index (κ3) is 6.70. The van der Waals surface area contributed by atoms with Crippen LogP contribution in [0.5, 0.6) is 0 Å². The molecule has 0 aliphatic heterocycles. The van der Waals surface area contributed by atoms with E-state index in [-0.39, 0.29) is 0 Å². The molecule has 0 saturated carbocycles. The maximum atomic E-state index is 6.32. The summed E-state index contributed by atoms with van der Waals surface area (Å²) in [5, 5.41) is 9.39. The summed E-state index contributed by atoms with van der Waals surface area (Å²) in [7, 11) is 0. The number of nitrogens with zero attached hydrogens (tertiary/aromatic N) is 4. The molecule has 0 unspecified atom stereocenters. The molecular weight excluding hydrogens is 953 g/mol. The van der Waals surface area contributed by atoms with Crippen molar-refractivity contribution in [2.75, 3.05) is 0 Å². The first-order valence-corrected chi connectivity index (χ1v) is 26.4. The van der Waals surface area contributed by atoms with E-state index in [2.05, 4.69) is 228 Å². The summed E-state index contributed by atoms with van der Waals surface area (Å²) in [5.74, 6) is 1.19. The van der Waals surface area contributed by atoms with Crippen LogP contribution in [0.1, 0.15) is 0 Å². The lowest BCUT2D eigenvalue weighted by Crippen LogP contribution is -1.99. The minimum absolute atomic E-state index is 0.593. The van der Waals surface area contributed by atoms with Crippen molar-refractivity contribution < 1.29 is 8.83 Å². The standard InChI is InChI=1S/C72H44N4O2/c1-5-21-45(22-6-1)61-65-63-53-29-13-16-32-56(53)70-66(62(46-23-7-2-8-24-46)68(48-27-11-4-12-28-48)76(70)52-43-39-50(40-44-52)72-74-58-34-18-20-36-60(58)78-72)64(63)54-30-14-15-31-55(54)69(65)75(67(61)47-25-9-3-10-26-47)51-41-37-49(38-42-51)71-73-57-33-17-19-35-59(57)77-71/h1-44H. The fraction of sp³-hybridized carbons (Fsp3) is 0. The smallest absolute Gasteiger partial charge is 0.227 e. The first-order chi connectivity index (χ1) is 38.7. The molecule has 0 aliphatic rings. The summed E-state index contributed by atoms with van der Waals surface area (Å²) < 4.78 is 17.7. The van der Waals surface area contributed by atoms with Crippen LogP contribution in [-0.4, -0.2) is 19.1 Å². The first-order valence-electron chi connectivity index (χ1n) is 26.4. The van der Waals surface area contributed by atoms with E-state index in [1.54, 1.807) is 0 Å². The van der Waals surface area contributed by atoms with E-state index in [9.17, 15) is 0 Å². The van der Waals surface area contributed by atoms with E-state index >= 15 is 0 Å². The molecule has 0 saturated heterocycles. The van der Waals surface area contributed by atoms with Gasteiger partial charge in [0.1, 0.15) is 11.0 Å². The molecule has 6 nitrogen and oxygen atoms in total. The Morgan fingerprint density at radius 1 is 0.256 bits per heavy atom. The number of fused-ring (bicyclic) bond motifs is 13. The van der Waals surface area contributed by atoms with Crippen molar-refractivity contribution in [3.05, 3.63) is 267 Å². The second kappa shape index (κ2) is 17.5. The van der Waals surface area contributed by atoms with Crippen molar-refractivity contribution in [2.24, 2.45) is 0 Å². The highest BCUT2D eigenvalue weighted by Crippen LogP contribution is 2.55. The quantitative estimate of drug-likeness (QED) is 0.142. The molecule has 4 heterocycles. The van der Waals surface area contributed by atoms with E-state index in [0.29, 0.717) is 11.8 Å². The second-order valence-corrected chi connectivity index (χ2v) is 19.9. The molecule has 0 spiro atoms. The Morgan fingerprint density at radius 3 is 0.949 bits per heavy atom. The Labute approximate surface area is 448 Å². The molecule has 0 radical (unpaired) electrons. The van der Waals surface area contributed by atoms with Crippen LogP contribution >= 0.6 is 0 Å². The van der Waals surface area contributed by atoms with Gasteiger partial charge in [0.05, 0.1) is 22.4 Å². The molecule has 12 aromatic carbocycles. The van der Waals surface area contributed by atoms with E-state index < -0.39 is 0 Å². The zero-order valence-electron chi connectivity index (χ0n) is 42.0. The Kier molecular flexibility index (Phi) is 9.84. The van der Waals surface area contributed by atoms with Crippen LogP contribution < -0.4 is 0 Å². The maximum Gasteiger partial charge on any atom is 0.227 e. The Balaban J connectivity index is 1.10. The average molecular weight is 997 g/mol. The molecule has 0 amide bonds. The van der Waals surface area contributed by atoms with Crippen LogP contribution in [0.2, 0.25) is 0 Å². The largest absolute Gasteiger partial charge is 0.436 e. The summed E-state index contributed by atoms with van der Waals surface area (Å²) >= 11 is 0. The molecule has 6 heteroatoms. The van der Waals surface area contributed by atoms with Crippen molar-refractivity contribution in [1.82, 2.24) is 19.1 Å². The van der Waals surface area contributed by atoms with Crippen LogP contribution in [0.4, 0.5) is 0 Å². The van der Waals surface area contributed by atoms with Gasteiger partial charge in [-0.05, 0) is 106 Å². The maximum absolute atomic E-state index is 6.32. The number of oxazole rings is 2. The number of aromatic nitrogens is 4. The first kappa shape index (κ1) is 43.8. The van der Waals surface area contributed by atoms with E-state index in [4.69, 9.17) is 18.8 Å². The molecule has 0 bridgehead atoms. The minimum atomic E-state index is 0.593. The van der Waals surface area contributed by atoms with Crippen molar-refractivity contribution in [1.29, 1.82) is 0 Å². The van der Waals surface area contributed by atoms with Crippen molar-refractivity contribution in [2.45, 2.75) is 0 Å². The van der Waals surface area contributed by atoms with Gasteiger partial charge >= 0.3 is 0 Å². The lowest BCUT2D eigenvalue weighted by atomic mass is 9.86. The van der Waals surface area contributed by atoms with Gasteiger partial charge in [-0.15, -0.1) is 0 Å². The van der Waals surface area contributed by atoms with Gasteiger partial charge in [-0.1, -0.05) is 194 Å². The van der Waals surface area contributed by atoms with Gasteiger partial charge in [0.2, 0.25) is 11.8 Å². The zero-order valence-corrected chi connectivity index (χ0v) is 42.0. The molecule has 4 aromatic heterocycles. The lowest BCUT2D eigenvalue weighted by Gasteiger charge is -2.17. The van der Waals surface area contributed by atoms with Gasteiger partial charge in [0.15, 0.2) is 11.2 Å². The number of hydrogen-bond donors (Lipinski definition) is 0. The molecular formula is C72H44N4O2. The molecule has 364 valence electrons. The summed E-state index contributed by atoms with van der Waals surface area (Å²) in [4.78, 5) is 9.78. The van der Waals surface area contributed by atoms with Crippen molar-refractivity contribution in [3.63, 3.8) is 0 Å². The van der Waals surface area contributed by atoms with E-state index in [1.807, 2.05) is 48.5 Å². The highest BCUT2D eigenvalue weighted by atomic mass is 16.4. The molecule has 0 N–H and O–H groups in total. The molecule has 78 heavy (non-hydrogen) atoms. The highest BCUT2D eigenvalue weighted by molar-refractivity contribution is 6.43. The molecule has 0 fully saturated rings. The van der Waals surface area contributed by atoms with Gasteiger partial charge in [-0.25, -0.2) is 9.97 Å². The average Bonchev–Trinajstić information content (AvgIpc) is 4.41. The fourth-order valence-corrected chi connectivity index (χ4v) is 12.3. The number of rotatable bonds is 8.